The van der Waals surface area contributed by atoms with Crippen molar-refractivity contribution in [1.82, 2.24) is 46.9 Å². The first kappa shape index (κ1) is 46.9. The Bertz CT molecular complexity index is 1920. The van der Waals surface area contributed by atoms with Gasteiger partial charge in [-0.2, -0.15) is 0 Å². The number of carboxylic acids is 1. The van der Waals surface area contributed by atoms with E-state index in [1.165, 1.54) is 26.4 Å². The number of carboxylic acid groups (broad SMARTS) is 1. The predicted molar refractivity (Wildman–Crippen MR) is 219 cm³/mol. The van der Waals surface area contributed by atoms with Gasteiger partial charge in [0.25, 0.3) is 0 Å². The van der Waals surface area contributed by atoms with Gasteiger partial charge in [0.15, 0.2) is 5.96 Å². The van der Waals surface area contributed by atoms with Crippen molar-refractivity contribution >= 4 is 58.3 Å². The maximum absolute atomic E-state index is 14.3. The molecule has 0 spiro atoms. The Morgan fingerprint density at radius 3 is 1.97 bits per heavy atom. The quantitative estimate of drug-likeness (QED) is 0.0314. The molecule has 3 aromatic rings. The minimum absolute atomic E-state index is 0.0104. The van der Waals surface area contributed by atoms with Crippen molar-refractivity contribution in [2.75, 3.05) is 6.54 Å². The van der Waals surface area contributed by atoms with Gasteiger partial charge < -0.3 is 58.4 Å². The number of benzene rings is 1. The van der Waals surface area contributed by atoms with Crippen LogP contribution in [0.5, 0.6) is 0 Å². The number of hydrogen-bond donors (Lipinski definition) is 11. The lowest BCUT2D eigenvalue weighted by Crippen LogP contribution is -2.60. The Morgan fingerprint density at radius 1 is 0.763 bits per heavy atom. The second-order valence-corrected chi connectivity index (χ2v) is 14.7. The molecule has 6 atom stereocenters. The standard InChI is InChI=1S/C39H58N12O8/c1-6-7-12-28(47-23(5)52)34(54)51-32(21(2)3)37(57)50-31(17-25-19-42-20-45-25)36(56)49-30(16-24-18-44-27-13-9-8-11-26(24)27)35(55)48-29(14-10-15-43-39(40)41)33(53)46-22(4)38(58)59/h8-9,11,13,18-22,28-32,44H,6-7,10,12,14-17H2,1-5H3,(H,42,45)(H,46,53)(H,47,52)(H,48,55)(H,49,56)(H,50,57)(H,51,54)(H,58,59)(H4,40,41,43)/t22-,28-,29-,30-,31-,32-/m0/s1. The number of rotatable bonds is 24. The fraction of sp³-hybridized carbons (Fsp3) is 0.513. The number of carbonyl (C=O) groups excluding carboxylic acids is 6. The maximum atomic E-state index is 14.3. The lowest BCUT2D eigenvalue weighted by atomic mass is 10.00. The van der Waals surface area contributed by atoms with Gasteiger partial charge in [-0.25, -0.2) is 4.98 Å². The molecule has 3 rings (SSSR count). The SMILES string of the molecule is CCCC[C@H](NC(C)=O)C(=O)N[C@H](C(=O)N[C@@H](Cc1cnc[nH]1)C(=O)N[C@@H](Cc1c[nH]c2ccccc12)C(=O)N[C@@H](CCCN=C(N)N)C(=O)N[C@@H](C)C(=O)O)C(C)C. The molecular formula is C39H58N12O8. The van der Waals surface area contributed by atoms with Crippen molar-refractivity contribution in [2.45, 2.75) is 116 Å². The average molecular weight is 823 g/mol. The number of H-pyrrole nitrogens is 2. The molecule has 0 bridgehead atoms. The third kappa shape index (κ3) is 15.1. The summed E-state index contributed by atoms with van der Waals surface area (Å²) in [5.41, 5.74) is 12.8. The lowest BCUT2D eigenvalue weighted by molar-refractivity contribution is -0.141. The number of aromatic amines is 2. The highest BCUT2D eigenvalue weighted by Gasteiger charge is 2.34. The van der Waals surface area contributed by atoms with Gasteiger partial charge in [0.2, 0.25) is 35.4 Å². The zero-order valence-electron chi connectivity index (χ0n) is 34.1. The van der Waals surface area contributed by atoms with Crippen LogP contribution in [0.15, 0.2) is 48.0 Å². The number of hydrogen-bond acceptors (Lipinski definition) is 9. The number of amides is 6. The van der Waals surface area contributed by atoms with Crippen molar-refractivity contribution in [3.8, 4) is 0 Å². The molecule has 20 nitrogen and oxygen atoms in total. The maximum Gasteiger partial charge on any atom is 0.325 e. The third-order valence-corrected chi connectivity index (χ3v) is 9.44. The minimum Gasteiger partial charge on any atom is -0.480 e. The fourth-order valence-corrected chi connectivity index (χ4v) is 6.22. The van der Waals surface area contributed by atoms with Crippen LogP contribution in [0.1, 0.15) is 78.0 Å². The number of aliphatic carboxylic acids is 1. The first-order valence-electron chi connectivity index (χ1n) is 19.6. The number of carbonyl (C=O) groups is 7. The summed E-state index contributed by atoms with van der Waals surface area (Å²) in [5.74, 6) is -5.87. The molecule has 0 aliphatic heterocycles. The van der Waals surface area contributed by atoms with Gasteiger partial charge >= 0.3 is 5.97 Å². The van der Waals surface area contributed by atoms with Crippen molar-refractivity contribution < 1.29 is 38.7 Å². The summed E-state index contributed by atoms with van der Waals surface area (Å²) >= 11 is 0. The number of aromatic nitrogens is 3. The molecule has 0 unspecified atom stereocenters. The molecular weight excluding hydrogens is 765 g/mol. The van der Waals surface area contributed by atoms with Crippen LogP contribution < -0.4 is 43.4 Å². The van der Waals surface area contributed by atoms with E-state index in [0.29, 0.717) is 24.1 Å². The summed E-state index contributed by atoms with van der Waals surface area (Å²) in [6.45, 7) is 8.07. The van der Waals surface area contributed by atoms with E-state index in [4.69, 9.17) is 11.5 Å². The summed E-state index contributed by atoms with van der Waals surface area (Å²) < 4.78 is 0. The van der Waals surface area contributed by atoms with Crippen LogP contribution in [0.2, 0.25) is 0 Å². The second-order valence-electron chi connectivity index (χ2n) is 14.7. The summed E-state index contributed by atoms with van der Waals surface area (Å²) in [7, 11) is 0. The Balaban J connectivity index is 1.96. The van der Waals surface area contributed by atoms with Crippen LogP contribution in [0.4, 0.5) is 0 Å². The van der Waals surface area contributed by atoms with E-state index < -0.39 is 83.6 Å². The van der Waals surface area contributed by atoms with Crippen LogP contribution in [0.25, 0.3) is 10.9 Å². The summed E-state index contributed by atoms with van der Waals surface area (Å²) in [6.07, 6.45) is 6.44. The molecule has 0 fully saturated rings. The second kappa shape index (κ2) is 23.1. The third-order valence-electron chi connectivity index (χ3n) is 9.44. The molecule has 13 N–H and O–H groups in total. The van der Waals surface area contributed by atoms with Crippen molar-refractivity contribution in [1.29, 1.82) is 0 Å². The number of fused-ring (bicyclic) bond motifs is 1. The number of nitrogens with one attached hydrogen (secondary N) is 8. The molecule has 322 valence electrons. The van der Waals surface area contributed by atoms with Crippen LogP contribution in [0, 0.1) is 5.92 Å². The molecule has 59 heavy (non-hydrogen) atoms. The lowest BCUT2D eigenvalue weighted by Gasteiger charge is -2.28. The average Bonchev–Trinajstić information content (AvgIpc) is 3.85. The number of unbranched alkanes of at least 4 members (excludes halogenated alkanes) is 1. The summed E-state index contributed by atoms with van der Waals surface area (Å²) in [5, 5.41) is 26.1. The van der Waals surface area contributed by atoms with E-state index in [1.807, 2.05) is 31.2 Å². The van der Waals surface area contributed by atoms with Gasteiger partial charge in [0, 0.05) is 55.3 Å². The molecule has 2 aromatic heterocycles. The Labute approximate surface area is 342 Å². The van der Waals surface area contributed by atoms with Crippen LogP contribution >= 0.6 is 0 Å². The zero-order valence-corrected chi connectivity index (χ0v) is 34.1. The van der Waals surface area contributed by atoms with Gasteiger partial charge in [-0.15, -0.1) is 0 Å². The van der Waals surface area contributed by atoms with Crippen LogP contribution in [-0.2, 0) is 46.4 Å². The van der Waals surface area contributed by atoms with E-state index >= 15 is 0 Å². The predicted octanol–water partition coefficient (Wildman–Crippen LogP) is -0.391. The normalized spacial score (nSPS) is 14.1. The molecule has 0 aliphatic carbocycles. The van der Waals surface area contributed by atoms with Gasteiger partial charge in [0.1, 0.15) is 36.3 Å². The van der Waals surface area contributed by atoms with E-state index in [0.717, 1.165) is 17.3 Å². The highest BCUT2D eigenvalue weighted by molar-refractivity contribution is 5.97. The molecule has 0 aliphatic rings. The fourth-order valence-electron chi connectivity index (χ4n) is 6.22. The molecule has 2 heterocycles. The largest absolute Gasteiger partial charge is 0.480 e. The van der Waals surface area contributed by atoms with Crippen molar-refractivity contribution in [3.05, 3.63) is 54.2 Å². The first-order valence-corrected chi connectivity index (χ1v) is 19.6. The van der Waals surface area contributed by atoms with Crippen molar-refractivity contribution in [2.24, 2.45) is 22.4 Å². The zero-order chi connectivity index (χ0) is 43.6. The number of imidazole rings is 1. The molecule has 1 aromatic carbocycles. The number of para-hydroxylation sites is 1. The molecule has 0 saturated heterocycles. The number of nitrogens with two attached hydrogens (primary N) is 2. The molecule has 0 saturated carbocycles. The van der Waals surface area contributed by atoms with Crippen LogP contribution in [0.3, 0.4) is 0 Å². The number of guanidine groups is 1. The first-order chi connectivity index (χ1) is 28.0. The highest BCUT2D eigenvalue weighted by atomic mass is 16.4. The minimum atomic E-state index is -1.33. The Hall–Kier alpha value is -6.47. The van der Waals surface area contributed by atoms with E-state index in [9.17, 15) is 38.7 Å². The van der Waals surface area contributed by atoms with Gasteiger partial charge in [-0.05, 0) is 43.7 Å². The highest BCUT2D eigenvalue weighted by Crippen LogP contribution is 2.20. The molecule has 20 heteroatoms. The van der Waals surface area contributed by atoms with E-state index in [-0.39, 0.29) is 38.2 Å². The number of aliphatic imine (C=N–C) groups is 1. The Kier molecular flexibility index (Phi) is 18.3. The van der Waals surface area contributed by atoms with Crippen LogP contribution in [-0.4, -0.2) is 110 Å². The Morgan fingerprint density at radius 2 is 1.36 bits per heavy atom. The number of nitrogens with zero attached hydrogens (tertiary/aromatic N) is 2. The van der Waals surface area contributed by atoms with Gasteiger partial charge in [0.05, 0.1) is 6.33 Å². The van der Waals surface area contributed by atoms with Gasteiger partial charge in [-0.1, -0.05) is 51.8 Å². The molecule has 6 amide bonds. The van der Waals surface area contributed by atoms with E-state index in [1.54, 1.807) is 20.0 Å². The van der Waals surface area contributed by atoms with E-state index in [2.05, 4.69) is 51.8 Å². The smallest absolute Gasteiger partial charge is 0.325 e. The van der Waals surface area contributed by atoms with Gasteiger partial charge in [-0.3, -0.25) is 38.6 Å². The van der Waals surface area contributed by atoms with Crippen molar-refractivity contribution in [3.63, 3.8) is 0 Å². The monoisotopic (exact) mass is 822 g/mol. The summed E-state index contributed by atoms with van der Waals surface area (Å²) in [6, 6.07) is 0.172. The summed E-state index contributed by atoms with van der Waals surface area (Å²) in [4.78, 5) is 107. The topological polar surface area (TPSA) is 321 Å². The molecule has 0 radical (unpaired) electrons.